The molecule has 2 aromatic rings. The average molecular weight is 387 g/mol. The summed E-state index contributed by atoms with van der Waals surface area (Å²) in [4.78, 5) is 24.7. The highest BCUT2D eigenvalue weighted by molar-refractivity contribution is 5.96. The summed E-state index contributed by atoms with van der Waals surface area (Å²) < 4.78 is 0. The molecule has 0 saturated carbocycles. The Labute approximate surface area is 165 Å². The smallest absolute Gasteiger partial charge is 0.269 e. The van der Waals surface area contributed by atoms with E-state index in [4.69, 9.17) is 0 Å². The molecule has 0 radical (unpaired) electrons. The normalized spacial score (nSPS) is 14.1. The van der Waals surface area contributed by atoms with Gasteiger partial charge in [0, 0.05) is 43.8 Å². The maximum Gasteiger partial charge on any atom is 0.269 e. The highest BCUT2D eigenvalue weighted by Crippen LogP contribution is 2.17. The maximum atomic E-state index is 12.3. The second-order valence-electron chi connectivity index (χ2n) is 6.55. The third-order valence-electron chi connectivity index (χ3n) is 4.72. The summed E-state index contributed by atoms with van der Waals surface area (Å²) >= 11 is 0. The first-order chi connectivity index (χ1) is 12.6. The van der Waals surface area contributed by atoms with Crippen molar-refractivity contribution < 1.29 is 9.72 Å². The van der Waals surface area contributed by atoms with Crippen LogP contribution in [0.25, 0.3) is 0 Å². The number of nitrogens with zero attached hydrogens (tertiary/aromatic N) is 2. The van der Waals surface area contributed by atoms with E-state index >= 15 is 0 Å². The zero-order chi connectivity index (χ0) is 18.4. The minimum atomic E-state index is -0.457. The third-order valence-corrected chi connectivity index (χ3v) is 4.72. The van der Waals surface area contributed by atoms with Gasteiger partial charge in [0.2, 0.25) is 0 Å². The number of nitro groups is 1. The number of benzene rings is 2. The van der Waals surface area contributed by atoms with E-state index in [0.717, 1.165) is 25.9 Å². The van der Waals surface area contributed by atoms with Gasteiger partial charge < -0.3 is 0 Å². The highest BCUT2D eigenvalue weighted by Gasteiger charge is 2.15. The molecule has 0 saturated heterocycles. The predicted octanol–water partition coefficient (Wildman–Crippen LogP) is 4.46. The number of rotatable bonds is 7. The fourth-order valence-electron chi connectivity index (χ4n) is 3.15. The lowest BCUT2D eigenvalue weighted by Crippen LogP contribution is -2.31. The van der Waals surface area contributed by atoms with Gasteiger partial charge >= 0.3 is 0 Å². The topological polar surface area (TPSA) is 63.5 Å². The van der Waals surface area contributed by atoms with E-state index in [1.54, 1.807) is 0 Å². The van der Waals surface area contributed by atoms with E-state index in [0.29, 0.717) is 18.5 Å². The van der Waals surface area contributed by atoms with Crippen LogP contribution in [0.4, 0.5) is 5.69 Å². The van der Waals surface area contributed by atoms with Gasteiger partial charge in [0.05, 0.1) is 4.92 Å². The lowest BCUT2D eigenvalue weighted by Gasteiger charge is -2.26. The second-order valence-corrected chi connectivity index (χ2v) is 6.55. The summed E-state index contributed by atoms with van der Waals surface area (Å²) in [6, 6.07) is 16.3. The fraction of sp³-hybridized carbons (Fsp3) is 0.286. The minimum Gasteiger partial charge on any atom is -0.299 e. The Hall–Kier alpha value is -2.50. The molecule has 27 heavy (non-hydrogen) atoms. The molecule has 0 atom stereocenters. The van der Waals surface area contributed by atoms with Crippen LogP contribution in [0.2, 0.25) is 0 Å². The van der Waals surface area contributed by atoms with E-state index in [-0.39, 0.29) is 23.9 Å². The SMILES string of the molecule is Cl.O=C(CCN1CC=C(Cc2ccccc2)CC1)c1ccc([N+](=O)[O-])cc1. The molecular weight excluding hydrogens is 364 g/mol. The molecule has 0 aromatic heterocycles. The third kappa shape index (κ3) is 6.01. The number of carbonyl (C=O) groups is 1. The van der Waals surface area contributed by atoms with Gasteiger partial charge in [0.1, 0.15) is 0 Å². The Bertz CT molecular complexity index is 804. The Balaban J connectivity index is 0.00000261. The van der Waals surface area contributed by atoms with E-state index in [2.05, 4.69) is 35.2 Å². The maximum absolute atomic E-state index is 12.3. The van der Waals surface area contributed by atoms with Crippen molar-refractivity contribution in [2.75, 3.05) is 19.6 Å². The number of hydrogen-bond donors (Lipinski definition) is 0. The average Bonchev–Trinajstić information content (AvgIpc) is 2.68. The molecule has 6 heteroatoms. The molecule has 3 rings (SSSR count). The summed E-state index contributed by atoms with van der Waals surface area (Å²) in [6.07, 6.45) is 4.73. The first kappa shape index (κ1) is 20.8. The van der Waals surface area contributed by atoms with Gasteiger partial charge in [-0.25, -0.2) is 0 Å². The van der Waals surface area contributed by atoms with E-state index < -0.39 is 4.92 Å². The van der Waals surface area contributed by atoms with Crippen LogP contribution in [0.1, 0.15) is 28.8 Å². The van der Waals surface area contributed by atoms with Gasteiger partial charge in [-0.3, -0.25) is 19.8 Å². The summed E-state index contributed by atoms with van der Waals surface area (Å²) in [5, 5.41) is 10.7. The standard InChI is InChI=1S/C21H22N2O3.ClH/c24-21(19-6-8-20(9-7-19)23(25)26)12-15-22-13-10-18(11-14-22)16-17-4-2-1-3-5-17;/h1-10H,11-16H2;1H. The van der Waals surface area contributed by atoms with Crippen LogP contribution < -0.4 is 0 Å². The summed E-state index contributed by atoms with van der Waals surface area (Å²) in [6.45, 7) is 2.55. The lowest BCUT2D eigenvalue weighted by atomic mass is 9.99. The predicted molar refractivity (Wildman–Crippen MR) is 109 cm³/mol. The van der Waals surface area contributed by atoms with Crippen LogP contribution in [0.3, 0.4) is 0 Å². The molecule has 0 amide bonds. The van der Waals surface area contributed by atoms with Gasteiger partial charge in [0.25, 0.3) is 5.69 Å². The van der Waals surface area contributed by atoms with Crippen molar-refractivity contribution >= 4 is 23.9 Å². The van der Waals surface area contributed by atoms with Crippen LogP contribution in [0.5, 0.6) is 0 Å². The minimum absolute atomic E-state index is 0. The van der Waals surface area contributed by atoms with Crippen molar-refractivity contribution in [2.24, 2.45) is 0 Å². The summed E-state index contributed by atoms with van der Waals surface area (Å²) in [5.74, 6) is 0.0268. The Morgan fingerprint density at radius 1 is 1.07 bits per heavy atom. The van der Waals surface area contributed by atoms with Crippen LogP contribution in [-0.2, 0) is 6.42 Å². The number of ketones is 1. The van der Waals surface area contributed by atoms with Crippen LogP contribution in [-0.4, -0.2) is 35.2 Å². The number of carbonyl (C=O) groups excluding carboxylic acids is 1. The van der Waals surface area contributed by atoms with Crippen molar-refractivity contribution in [1.82, 2.24) is 4.90 Å². The van der Waals surface area contributed by atoms with Gasteiger partial charge in [0.15, 0.2) is 5.78 Å². The van der Waals surface area contributed by atoms with Crippen LogP contribution >= 0.6 is 12.4 Å². The number of hydrogen-bond acceptors (Lipinski definition) is 4. The second kappa shape index (κ2) is 10.00. The van der Waals surface area contributed by atoms with Crippen molar-refractivity contribution in [3.05, 3.63) is 87.5 Å². The number of Topliss-reactive ketones (excluding diaryl/α,β-unsaturated/α-hetero) is 1. The molecule has 0 bridgehead atoms. The van der Waals surface area contributed by atoms with Gasteiger partial charge in [-0.15, -0.1) is 12.4 Å². The van der Waals surface area contributed by atoms with Crippen molar-refractivity contribution in [2.45, 2.75) is 19.3 Å². The Kier molecular flexibility index (Phi) is 7.70. The van der Waals surface area contributed by atoms with Gasteiger partial charge in [-0.05, 0) is 30.5 Å². The first-order valence-electron chi connectivity index (χ1n) is 8.83. The van der Waals surface area contributed by atoms with Crippen LogP contribution in [0, 0.1) is 10.1 Å². The molecule has 1 aliphatic heterocycles. The van der Waals surface area contributed by atoms with Crippen LogP contribution in [0.15, 0.2) is 66.2 Å². The molecule has 5 nitrogen and oxygen atoms in total. The first-order valence-corrected chi connectivity index (χ1v) is 8.83. The lowest BCUT2D eigenvalue weighted by molar-refractivity contribution is -0.384. The molecule has 2 aromatic carbocycles. The summed E-state index contributed by atoms with van der Waals surface area (Å²) in [5.41, 5.74) is 3.33. The molecule has 142 valence electrons. The zero-order valence-electron chi connectivity index (χ0n) is 15.0. The Morgan fingerprint density at radius 3 is 2.37 bits per heavy atom. The van der Waals surface area contributed by atoms with Crippen molar-refractivity contribution in [3.63, 3.8) is 0 Å². The zero-order valence-corrected chi connectivity index (χ0v) is 15.9. The van der Waals surface area contributed by atoms with Crippen molar-refractivity contribution in [1.29, 1.82) is 0 Å². The monoisotopic (exact) mass is 386 g/mol. The van der Waals surface area contributed by atoms with E-state index in [9.17, 15) is 14.9 Å². The molecule has 0 N–H and O–H groups in total. The number of halogens is 1. The Morgan fingerprint density at radius 2 is 1.78 bits per heavy atom. The van der Waals surface area contributed by atoms with Gasteiger partial charge in [-0.2, -0.15) is 0 Å². The molecule has 0 spiro atoms. The van der Waals surface area contributed by atoms with Crippen molar-refractivity contribution in [3.8, 4) is 0 Å². The molecule has 0 aliphatic carbocycles. The molecule has 0 fully saturated rings. The van der Waals surface area contributed by atoms with Gasteiger partial charge in [-0.1, -0.05) is 42.0 Å². The largest absolute Gasteiger partial charge is 0.299 e. The number of nitro benzene ring substituents is 1. The summed E-state index contributed by atoms with van der Waals surface area (Å²) in [7, 11) is 0. The highest BCUT2D eigenvalue weighted by atomic mass is 35.5. The number of non-ortho nitro benzene ring substituents is 1. The molecule has 1 heterocycles. The fourth-order valence-corrected chi connectivity index (χ4v) is 3.15. The molecule has 1 aliphatic rings. The quantitative estimate of drug-likeness (QED) is 0.305. The molecular formula is C21H23ClN2O3. The van der Waals surface area contributed by atoms with E-state index in [1.807, 2.05) is 6.07 Å². The van der Waals surface area contributed by atoms with E-state index in [1.165, 1.54) is 35.4 Å². The molecule has 0 unspecified atom stereocenters.